The second kappa shape index (κ2) is 9.55. The molecule has 8 heteroatoms. The smallest absolute Gasteiger partial charge is 0.257 e. The van der Waals surface area contributed by atoms with Crippen molar-refractivity contribution in [1.82, 2.24) is 10.3 Å². The lowest BCUT2D eigenvalue weighted by atomic mass is 10.0. The van der Waals surface area contributed by atoms with Crippen LogP contribution in [0, 0.1) is 0 Å². The number of nitrogens with zero attached hydrogens (tertiary/aromatic N) is 1. The van der Waals surface area contributed by atoms with Crippen molar-refractivity contribution in [2.24, 2.45) is 0 Å². The number of rotatable bonds is 4. The number of hydrogen-bond donors (Lipinski definition) is 2. The Morgan fingerprint density at radius 3 is 2.44 bits per heavy atom. The van der Waals surface area contributed by atoms with Crippen LogP contribution in [0.1, 0.15) is 35.7 Å². The van der Waals surface area contributed by atoms with E-state index in [1.54, 1.807) is 24.3 Å². The molecule has 0 unspecified atom stereocenters. The fourth-order valence-corrected chi connectivity index (χ4v) is 4.92. The number of carbonyl (C=O) groups excluding carboxylic acids is 1. The highest BCUT2D eigenvalue weighted by Gasteiger charge is 2.15. The number of fused-ring (bicyclic) bond motifs is 1. The van der Waals surface area contributed by atoms with Gasteiger partial charge in [0.2, 0.25) is 0 Å². The molecule has 4 nitrogen and oxygen atoms in total. The van der Waals surface area contributed by atoms with E-state index in [4.69, 9.17) is 35.4 Å². The minimum absolute atomic E-state index is 0.141. The Morgan fingerprint density at radius 1 is 1.03 bits per heavy atom. The summed E-state index contributed by atoms with van der Waals surface area (Å²) >= 11 is 19.7. The Balaban J connectivity index is 1.52. The molecule has 0 radical (unpaired) electrons. The number of anilines is 1. The Hall–Kier alpha value is -2.51. The first-order valence-corrected chi connectivity index (χ1v) is 11.9. The monoisotopic (exact) mass is 499 g/mol. The van der Waals surface area contributed by atoms with Crippen LogP contribution in [-0.4, -0.2) is 16.0 Å². The number of thiazole rings is 1. The second-order valence-electron chi connectivity index (χ2n) is 7.48. The van der Waals surface area contributed by atoms with Crippen LogP contribution in [0.4, 0.5) is 5.69 Å². The van der Waals surface area contributed by atoms with E-state index in [2.05, 4.69) is 29.5 Å². The molecule has 162 valence electrons. The number of hydrogen-bond acceptors (Lipinski definition) is 4. The summed E-state index contributed by atoms with van der Waals surface area (Å²) in [6, 6.07) is 18.8. The van der Waals surface area contributed by atoms with Gasteiger partial charge in [0.15, 0.2) is 5.11 Å². The van der Waals surface area contributed by atoms with E-state index in [-0.39, 0.29) is 11.0 Å². The summed E-state index contributed by atoms with van der Waals surface area (Å²) in [6.07, 6.45) is 0. The fraction of sp³-hybridized carbons (Fsp3) is 0.125. The van der Waals surface area contributed by atoms with Gasteiger partial charge in [-0.05, 0) is 60.1 Å². The molecule has 0 spiro atoms. The van der Waals surface area contributed by atoms with Gasteiger partial charge in [-0.3, -0.25) is 10.1 Å². The van der Waals surface area contributed by atoms with E-state index >= 15 is 0 Å². The summed E-state index contributed by atoms with van der Waals surface area (Å²) in [6.45, 7) is 4.21. The average Bonchev–Trinajstić information content (AvgIpc) is 3.19. The zero-order chi connectivity index (χ0) is 22.8. The van der Waals surface area contributed by atoms with Crippen LogP contribution in [0.25, 0.3) is 20.8 Å². The van der Waals surface area contributed by atoms with Gasteiger partial charge in [-0.15, -0.1) is 11.3 Å². The molecule has 2 N–H and O–H groups in total. The molecule has 0 bridgehead atoms. The average molecular weight is 500 g/mol. The van der Waals surface area contributed by atoms with Gasteiger partial charge in [-0.1, -0.05) is 61.3 Å². The molecule has 0 saturated carbocycles. The van der Waals surface area contributed by atoms with Gasteiger partial charge in [-0.25, -0.2) is 4.98 Å². The molecule has 3 aromatic carbocycles. The molecular weight excluding hydrogens is 481 g/mol. The van der Waals surface area contributed by atoms with Crippen molar-refractivity contribution >= 4 is 73.7 Å². The maximum absolute atomic E-state index is 12.6. The summed E-state index contributed by atoms with van der Waals surface area (Å²) in [5.74, 6) is 0.0980. The molecule has 1 amide bonds. The van der Waals surface area contributed by atoms with Crippen LogP contribution in [0.5, 0.6) is 0 Å². The standard InChI is InChI=1S/C24H19Cl2N3OS2/c1-13(2)14-7-9-15(10-8-14)22(30)29-24(31)28-20-11-16(17(25)12-18(20)26)23-27-19-5-3-4-6-21(19)32-23/h3-13H,1-2H3,(H2,28,29,30,31). The molecule has 32 heavy (non-hydrogen) atoms. The van der Waals surface area contributed by atoms with Crippen molar-refractivity contribution in [2.45, 2.75) is 19.8 Å². The Labute approximate surface area is 205 Å². The van der Waals surface area contributed by atoms with Gasteiger partial charge in [0.05, 0.1) is 25.9 Å². The highest BCUT2D eigenvalue weighted by molar-refractivity contribution is 7.80. The number of halogens is 2. The fourth-order valence-electron chi connectivity index (χ4n) is 3.14. The summed E-state index contributed by atoms with van der Waals surface area (Å²) in [5, 5.41) is 7.48. The van der Waals surface area contributed by atoms with Gasteiger partial charge in [0.25, 0.3) is 5.91 Å². The normalized spacial score (nSPS) is 11.0. The summed E-state index contributed by atoms with van der Waals surface area (Å²) < 4.78 is 1.06. The van der Waals surface area contributed by atoms with Crippen molar-refractivity contribution in [2.75, 3.05) is 5.32 Å². The molecule has 4 aromatic rings. The molecule has 0 aliphatic heterocycles. The Morgan fingerprint density at radius 2 is 1.75 bits per heavy atom. The number of amides is 1. The maximum Gasteiger partial charge on any atom is 0.257 e. The molecule has 0 saturated heterocycles. The van der Waals surface area contributed by atoms with Gasteiger partial charge in [0.1, 0.15) is 5.01 Å². The minimum atomic E-state index is -0.297. The van der Waals surface area contributed by atoms with Crippen molar-refractivity contribution < 1.29 is 4.79 Å². The van der Waals surface area contributed by atoms with Crippen LogP contribution in [-0.2, 0) is 0 Å². The maximum atomic E-state index is 12.6. The molecule has 0 atom stereocenters. The second-order valence-corrected chi connectivity index (χ2v) is 9.74. The van der Waals surface area contributed by atoms with Crippen LogP contribution < -0.4 is 10.6 Å². The van der Waals surface area contributed by atoms with E-state index in [1.165, 1.54) is 11.3 Å². The van der Waals surface area contributed by atoms with Gasteiger partial charge in [0, 0.05) is 11.1 Å². The van der Waals surface area contributed by atoms with Crippen molar-refractivity contribution in [3.8, 4) is 10.6 Å². The molecular formula is C24H19Cl2N3OS2. The predicted octanol–water partition coefficient (Wildman–Crippen LogP) is 7.52. The third kappa shape index (κ3) is 4.94. The first-order valence-electron chi connectivity index (χ1n) is 9.89. The summed E-state index contributed by atoms with van der Waals surface area (Å²) in [7, 11) is 0. The third-order valence-electron chi connectivity index (χ3n) is 4.90. The summed E-state index contributed by atoms with van der Waals surface area (Å²) in [5.41, 5.74) is 3.86. The molecule has 1 aromatic heterocycles. The highest BCUT2D eigenvalue weighted by atomic mass is 35.5. The number of nitrogens with one attached hydrogen (secondary N) is 2. The molecule has 4 rings (SSSR count). The van der Waals surface area contributed by atoms with E-state index in [9.17, 15) is 4.79 Å². The van der Waals surface area contributed by atoms with Crippen LogP contribution in [0.3, 0.4) is 0 Å². The van der Waals surface area contributed by atoms with Crippen LogP contribution >= 0.6 is 46.8 Å². The van der Waals surface area contributed by atoms with E-state index in [0.717, 1.165) is 26.4 Å². The largest absolute Gasteiger partial charge is 0.331 e. The Bertz CT molecular complexity index is 1280. The first kappa shape index (κ1) is 22.7. The lowest BCUT2D eigenvalue weighted by molar-refractivity contribution is 0.0977. The minimum Gasteiger partial charge on any atom is -0.331 e. The predicted molar refractivity (Wildman–Crippen MR) is 139 cm³/mol. The number of benzene rings is 3. The number of carbonyl (C=O) groups is 1. The van der Waals surface area contributed by atoms with E-state index in [1.807, 2.05) is 36.4 Å². The lowest BCUT2D eigenvalue weighted by Gasteiger charge is -2.13. The molecule has 0 aliphatic carbocycles. The molecule has 0 fully saturated rings. The van der Waals surface area contributed by atoms with E-state index in [0.29, 0.717) is 27.2 Å². The topological polar surface area (TPSA) is 54.0 Å². The number of para-hydroxylation sites is 1. The molecule has 0 aliphatic rings. The highest BCUT2D eigenvalue weighted by Crippen LogP contribution is 2.38. The Kier molecular flexibility index (Phi) is 6.76. The van der Waals surface area contributed by atoms with Gasteiger partial charge in [-0.2, -0.15) is 0 Å². The lowest BCUT2D eigenvalue weighted by Crippen LogP contribution is -2.34. The van der Waals surface area contributed by atoms with Crippen molar-refractivity contribution in [3.63, 3.8) is 0 Å². The quantitative estimate of drug-likeness (QED) is 0.285. The van der Waals surface area contributed by atoms with Crippen LogP contribution in [0.15, 0.2) is 60.7 Å². The van der Waals surface area contributed by atoms with Crippen LogP contribution in [0.2, 0.25) is 10.0 Å². The zero-order valence-corrected chi connectivity index (χ0v) is 20.4. The van der Waals surface area contributed by atoms with Gasteiger partial charge >= 0.3 is 0 Å². The third-order valence-corrected chi connectivity index (χ3v) is 6.80. The van der Waals surface area contributed by atoms with E-state index < -0.39 is 0 Å². The van der Waals surface area contributed by atoms with Crippen molar-refractivity contribution in [3.05, 3.63) is 81.8 Å². The SMILES string of the molecule is CC(C)c1ccc(C(=O)NC(=S)Nc2cc(-c3nc4ccccc4s3)c(Cl)cc2Cl)cc1. The van der Waals surface area contributed by atoms with Gasteiger partial charge < -0.3 is 5.32 Å². The summed E-state index contributed by atoms with van der Waals surface area (Å²) in [4.78, 5) is 17.2. The number of aromatic nitrogens is 1. The molecule has 1 heterocycles. The van der Waals surface area contributed by atoms with Crippen molar-refractivity contribution in [1.29, 1.82) is 0 Å². The number of thiocarbonyl (C=S) groups is 1. The zero-order valence-electron chi connectivity index (χ0n) is 17.3. The first-order chi connectivity index (χ1) is 15.3.